The van der Waals surface area contributed by atoms with Crippen LogP contribution >= 0.6 is 0 Å². The number of piperidine rings is 1. The lowest BCUT2D eigenvalue weighted by molar-refractivity contribution is -0.132. The molecular weight excluding hydrogens is 398 g/mol. The summed E-state index contributed by atoms with van der Waals surface area (Å²) in [5.74, 6) is -0.403. The maximum atomic E-state index is 12.7. The molecule has 0 unspecified atom stereocenters. The molecule has 8 nitrogen and oxygen atoms in total. The van der Waals surface area contributed by atoms with E-state index in [-0.39, 0.29) is 30.1 Å². The standard InChI is InChI=1S/C23H29N3O5/c27-20(10-15-25-18-6-2-3-7-19(18)30-21(25)28)24-13-8-17(9-14-24)26-16-23(31-22(26)29)11-4-1-5-12-23/h2-3,6-7,17H,1,4-5,8-16H2. The van der Waals surface area contributed by atoms with Crippen molar-refractivity contribution in [1.29, 1.82) is 0 Å². The normalized spacial score (nSPS) is 21.7. The van der Waals surface area contributed by atoms with Gasteiger partial charge < -0.3 is 19.0 Å². The number of rotatable bonds is 4. The van der Waals surface area contributed by atoms with Crippen molar-refractivity contribution in [1.82, 2.24) is 14.4 Å². The molecule has 2 amide bonds. The van der Waals surface area contributed by atoms with Crippen molar-refractivity contribution in [2.24, 2.45) is 0 Å². The number of hydrogen-bond acceptors (Lipinski definition) is 5. The van der Waals surface area contributed by atoms with Gasteiger partial charge in [-0.05, 0) is 50.7 Å². The SMILES string of the molecule is O=C(CCn1c(=O)oc2ccccc21)N1CCC(N2CC3(CCCCC3)OC2=O)CC1. The molecule has 5 rings (SSSR count). The topological polar surface area (TPSA) is 85.0 Å². The molecule has 0 radical (unpaired) electrons. The van der Waals surface area contributed by atoms with E-state index in [2.05, 4.69) is 0 Å². The third kappa shape index (κ3) is 3.83. The van der Waals surface area contributed by atoms with Gasteiger partial charge in [0.2, 0.25) is 5.91 Å². The summed E-state index contributed by atoms with van der Waals surface area (Å²) in [6, 6.07) is 7.38. The molecule has 3 heterocycles. The molecule has 1 spiro atoms. The Bertz CT molecular complexity index is 1030. The van der Waals surface area contributed by atoms with Crippen LogP contribution in [-0.4, -0.2) is 57.6 Å². The summed E-state index contributed by atoms with van der Waals surface area (Å²) >= 11 is 0. The lowest BCUT2D eigenvalue weighted by Crippen LogP contribution is -2.48. The van der Waals surface area contributed by atoms with Crippen LogP contribution in [0.1, 0.15) is 51.4 Å². The largest absolute Gasteiger partial charge is 0.441 e. The minimum Gasteiger partial charge on any atom is -0.441 e. The van der Waals surface area contributed by atoms with Gasteiger partial charge in [-0.15, -0.1) is 0 Å². The highest BCUT2D eigenvalue weighted by Crippen LogP contribution is 2.38. The first kappa shape index (κ1) is 20.2. The Morgan fingerprint density at radius 1 is 1.06 bits per heavy atom. The molecular formula is C23H29N3O5. The highest BCUT2D eigenvalue weighted by molar-refractivity contribution is 5.77. The number of aromatic nitrogens is 1. The molecule has 31 heavy (non-hydrogen) atoms. The van der Waals surface area contributed by atoms with Crippen molar-refractivity contribution in [3.63, 3.8) is 0 Å². The number of fused-ring (bicyclic) bond motifs is 1. The maximum Gasteiger partial charge on any atom is 0.419 e. The predicted molar refractivity (Wildman–Crippen MR) is 114 cm³/mol. The molecule has 0 N–H and O–H groups in total. The van der Waals surface area contributed by atoms with Crippen molar-refractivity contribution in [3.8, 4) is 0 Å². The molecule has 0 atom stereocenters. The average Bonchev–Trinajstić information content (AvgIpc) is 3.28. The second-order valence-corrected chi connectivity index (χ2v) is 9.09. The van der Waals surface area contributed by atoms with Crippen LogP contribution in [0.5, 0.6) is 0 Å². The molecule has 2 aromatic rings. The van der Waals surface area contributed by atoms with E-state index in [4.69, 9.17) is 9.15 Å². The number of carbonyl (C=O) groups is 2. The van der Waals surface area contributed by atoms with Crippen LogP contribution in [0, 0.1) is 0 Å². The second-order valence-electron chi connectivity index (χ2n) is 9.09. The van der Waals surface area contributed by atoms with E-state index in [0.29, 0.717) is 37.3 Å². The molecule has 8 heteroatoms. The number of nitrogens with zero attached hydrogens (tertiary/aromatic N) is 3. The number of para-hydroxylation sites is 2. The number of hydrogen-bond donors (Lipinski definition) is 0. The van der Waals surface area contributed by atoms with Crippen LogP contribution in [0.4, 0.5) is 4.79 Å². The lowest BCUT2D eigenvalue weighted by atomic mass is 9.84. The van der Waals surface area contributed by atoms with Gasteiger partial charge in [-0.2, -0.15) is 0 Å². The van der Waals surface area contributed by atoms with Gasteiger partial charge in [0, 0.05) is 32.1 Å². The molecule has 2 aliphatic heterocycles. The lowest BCUT2D eigenvalue weighted by Gasteiger charge is -2.36. The van der Waals surface area contributed by atoms with Crippen molar-refractivity contribution in [2.75, 3.05) is 19.6 Å². The summed E-state index contributed by atoms with van der Waals surface area (Å²) in [5.41, 5.74) is 0.973. The molecule has 0 bridgehead atoms. The summed E-state index contributed by atoms with van der Waals surface area (Å²) in [5, 5.41) is 0. The Balaban J connectivity index is 1.15. The number of likely N-dealkylation sites (tertiary alicyclic amines) is 1. The summed E-state index contributed by atoms with van der Waals surface area (Å²) in [7, 11) is 0. The molecule has 3 fully saturated rings. The summed E-state index contributed by atoms with van der Waals surface area (Å²) in [6.07, 6.45) is 7.02. The highest BCUT2D eigenvalue weighted by atomic mass is 16.6. The van der Waals surface area contributed by atoms with Gasteiger partial charge in [-0.25, -0.2) is 9.59 Å². The Hall–Kier alpha value is -2.77. The van der Waals surface area contributed by atoms with Crippen LogP contribution < -0.4 is 5.76 Å². The van der Waals surface area contributed by atoms with Crippen LogP contribution in [0.3, 0.4) is 0 Å². The zero-order valence-corrected chi connectivity index (χ0v) is 17.8. The van der Waals surface area contributed by atoms with Crippen LogP contribution in [-0.2, 0) is 16.1 Å². The zero-order valence-electron chi connectivity index (χ0n) is 17.8. The molecule has 3 aliphatic rings. The smallest absolute Gasteiger partial charge is 0.419 e. The van der Waals surface area contributed by atoms with Gasteiger partial charge >= 0.3 is 11.8 Å². The van der Waals surface area contributed by atoms with E-state index >= 15 is 0 Å². The number of carbonyl (C=O) groups excluding carboxylic acids is 2. The van der Waals surface area contributed by atoms with Gasteiger partial charge in [0.25, 0.3) is 0 Å². The third-order valence-corrected chi connectivity index (χ3v) is 7.14. The molecule has 166 valence electrons. The van der Waals surface area contributed by atoms with Crippen molar-refractivity contribution in [3.05, 3.63) is 34.8 Å². The number of oxazole rings is 1. The van der Waals surface area contributed by atoms with Crippen LogP contribution in [0.15, 0.2) is 33.5 Å². The van der Waals surface area contributed by atoms with Gasteiger partial charge in [0.1, 0.15) is 5.60 Å². The Kier molecular flexibility index (Phi) is 5.24. The van der Waals surface area contributed by atoms with Gasteiger partial charge in [-0.3, -0.25) is 9.36 Å². The minimum atomic E-state index is -0.433. The quantitative estimate of drug-likeness (QED) is 0.748. The van der Waals surface area contributed by atoms with Crippen molar-refractivity contribution >= 4 is 23.1 Å². The fourth-order valence-corrected chi connectivity index (χ4v) is 5.40. The molecule has 1 aromatic heterocycles. The van der Waals surface area contributed by atoms with Gasteiger partial charge in [0.05, 0.1) is 12.1 Å². The number of benzene rings is 1. The predicted octanol–water partition coefficient (Wildman–Crippen LogP) is 3.13. The first-order valence-electron chi connectivity index (χ1n) is 11.4. The van der Waals surface area contributed by atoms with E-state index in [9.17, 15) is 14.4 Å². The highest BCUT2D eigenvalue weighted by Gasteiger charge is 2.48. The maximum absolute atomic E-state index is 12.7. The van der Waals surface area contributed by atoms with Crippen LogP contribution in [0.2, 0.25) is 0 Å². The first-order valence-corrected chi connectivity index (χ1v) is 11.4. The van der Waals surface area contributed by atoms with Crippen molar-refractivity contribution < 1.29 is 18.7 Å². The first-order chi connectivity index (χ1) is 15.0. The van der Waals surface area contributed by atoms with Gasteiger partial charge in [-0.1, -0.05) is 18.6 Å². The monoisotopic (exact) mass is 427 g/mol. The number of aryl methyl sites for hydroxylation is 1. The average molecular weight is 428 g/mol. The van der Waals surface area contributed by atoms with E-state index in [1.807, 2.05) is 28.0 Å². The summed E-state index contributed by atoms with van der Waals surface area (Å²) in [4.78, 5) is 41.1. The third-order valence-electron chi connectivity index (χ3n) is 7.14. The Labute approximate surface area is 180 Å². The number of amides is 2. The van der Waals surface area contributed by atoms with Crippen molar-refractivity contribution in [2.45, 2.75) is 69.6 Å². The fourth-order valence-electron chi connectivity index (χ4n) is 5.40. The van der Waals surface area contributed by atoms with E-state index in [0.717, 1.165) is 38.5 Å². The Morgan fingerprint density at radius 2 is 1.81 bits per heavy atom. The van der Waals surface area contributed by atoms with Gasteiger partial charge in [0.15, 0.2) is 5.58 Å². The second kappa shape index (κ2) is 8.05. The molecule has 1 aromatic carbocycles. The molecule has 2 saturated heterocycles. The summed E-state index contributed by atoms with van der Waals surface area (Å²) in [6.45, 7) is 2.25. The fraction of sp³-hybridized carbons (Fsp3) is 0.609. The Morgan fingerprint density at radius 3 is 2.58 bits per heavy atom. The van der Waals surface area contributed by atoms with E-state index < -0.39 is 5.76 Å². The van der Waals surface area contributed by atoms with Crippen LogP contribution in [0.25, 0.3) is 11.1 Å². The van der Waals surface area contributed by atoms with E-state index in [1.165, 1.54) is 11.0 Å². The zero-order chi connectivity index (χ0) is 21.4. The van der Waals surface area contributed by atoms with E-state index in [1.54, 1.807) is 6.07 Å². The summed E-state index contributed by atoms with van der Waals surface area (Å²) < 4.78 is 12.6. The molecule has 1 aliphatic carbocycles. The number of ether oxygens (including phenoxy) is 1. The minimum absolute atomic E-state index is 0.0309. The molecule has 1 saturated carbocycles.